The second kappa shape index (κ2) is 3.77. The number of anilines is 1. The molecule has 62 valence electrons. The van der Waals surface area contributed by atoms with Crippen LogP contribution < -0.4 is 5.73 Å². The van der Waals surface area contributed by atoms with Gasteiger partial charge in [0.25, 0.3) is 0 Å². The first-order valence-electron chi connectivity index (χ1n) is 3.85. The first kappa shape index (κ1) is 8.61. The lowest BCUT2D eigenvalue weighted by atomic mass is 10.1. The number of aromatic nitrogens is 1. The van der Waals surface area contributed by atoms with Crippen LogP contribution in [0.15, 0.2) is 12.3 Å². The van der Waals surface area contributed by atoms with E-state index in [0.717, 1.165) is 11.1 Å². The summed E-state index contributed by atoms with van der Waals surface area (Å²) in [5.41, 5.74) is 7.89. The average Bonchev–Trinajstić information content (AvgIpc) is 2.04. The molecular weight excluding hydrogens is 148 g/mol. The molecule has 1 aromatic rings. The number of nitrogens with zero attached hydrogens (tertiary/aromatic N) is 1. The predicted octanol–water partition coefficient (Wildman–Crippen LogP) is 1.54. The van der Waals surface area contributed by atoms with E-state index in [4.69, 9.17) is 5.73 Å². The van der Waals surface area contributed by atoms with Crippen molar-refractivity contribution >= 4 is 5.82 Å². The molecule has 1 heterocycles. The molecular formula is C10H12N2. The van der Waals surface area contributed by atoms with Crippen LogP contribution >= 0.6 is 0 Å². The van der Waals surface area contributed by atoms with E-state index in [-0.39, 0.29) is 0 Å². The monoisotopic (exact) mass is 160 g/mol. The first-order valence-corrected chi connectivity index (χ1v) is 3.85. The summed E-state index contributed by atoms with van der Waals surface area (Å²) in [5, 5.41) is 0. The van der Waals surface area contributed by atoms with E-state index in [1.54, 1.807) is 6.20 Å². The molecule has 1 rings (SSSR count). The second-order valence-electron chi connectivity index (χ2n) is 2.60. The molecule has 0 aromatic carbocycles. The van der Waals surface area contributed by atoms with Crippen molar-refractivity contribution in [2.24, 2.45) is 0 Å². The molecule has 0 atom stereocenters. The van der Waals surface area contributed by atoms with Crippen molar-refractivity contribution in [1.29, 1.82) is 0 Å². The van der Waals surface area contributed by atoms with Gasteiger partial charge in [-0.2, -0.15) is 0 Å². The number of rotatable bonds is 1. The Bertz CT molecular complexity index is 311. The molecule has 0 unspecified atom stereocenters. The van der Waals surface area contributed by atoms with E-state index in [1.165, 1.54) is 0 Å². The van der Waals surface area contributed by atoms with Crippen molar-refractivity contribution in [2.75, 3.05) is 5.73 Å². The highest BCUT2D eigenvalue weighted by Gasteiger charge is 2.00. The first-order chi connectivity index (χ1) is 5.75. The van der Waals surface area contributed by atoms with Crippen LogP contribution in [0.1, 0.15) is 18.1 Å². The van der Waals surface area contributed by atoms with Crippen LogP contribution in [0.5, 0.6) is 0 Å². The summed E-state index contributed by atoms with van der Waals surface area (Å²) in [5.74, 6) is 6.41. The number of nitrogen functional groups attached to an aromatic ring is 1. The Morgan fingerprint density at radius 3 is 2.92 bits per heavy atom. The maximum Gasteiger partial charge on any atom is 0.127 e. The summed E-state index contributed by atoms with van der Waals surface area (Å²) < 4.78 is 0. The van der Waals surface area contributed by atoms with Crippen LogP contribution in [0, 0.1) is 18.8 Å². The number of hydrogen-bond acceptors (Lipinski definition) is 2. The predicted molar refractivity (Wildman–Crippen MR) is 50.5 cm³/mol. The quantitative estimate of drug-likeness (QED) is 0.633. The number of aryl methyl sites for hydroxylation is 1. The lowest BCUT2D eigenvalue weighted by molar-refractivity contribution is 1.18. The van der Waals surface area contributed by atoms with Gasteiger partial charge in [-0.05, 0) is 25.5 Å². The minimum atomic E-state index is 0.595. The zero-order valence-electron chi connectivity index (χ0n) is 7.39. The molecule has 0 aliphatic heterocycles. The van der Waals surface area contributed by atoms with Crippen molar-refractivity contribution in [3.63, 3.8) is 0 Å². The van der Waals surface area contributed by atoms with Gasteiger partial charge in [-0.25, -0.2) is 4.98 Å². The van der Waals surface area contributed by atoms with E-state index in [1.807, 2.05) is 19.9 Å². The molecule has 1 aromatic heterocycles. The molecule has 0 aliphatic carbocycles. The van der Waals surface area contributed by atoms with Crippen LogP contribution in [-0.2, 0) is 6.42 Å². The van der Waals surface area contributed by atoms with E-state index in [2.05, 4.69) is 16.8 Å². The molecule has 0 saturated heterocycles. The van der Waals surface area contributed by atoms with Crippen molar-refractivity contribution in [1.82, 2.24) is 4.98 Å². The Labute approximate surface area is 72.8 Å². The maximum absolute atomic E-state index is 5.68. The van der Waals surface area contributed by atoms with E-state index in [9.17, 15) is 0 Å². The van der Waals surface area contributed by atoms with Gasteiger partial charge >= 0.3 is 0 Å². The zero-order chi connectivity index (χ0) is 8.97. The molecule has 0 fully saturated rings. The fourth-order valence-corrected chi connectivity index (χ4v) is 1.02. The Morgan fingerprint density at radius 1 is 1.58 bits per heavy atom. The summed E-state index contributed by atoms with van der Waals surface area (Å²) in [6.07, 6.45) is 2.41. The van der Waals surface area contributed by atoms with Gasteiger partial charge in [-0.1, -0.05) is 5.92 Å². The number of hydrogen-bond donors (Lipinski definition) is 1. The molecule has 12 heavy (non-hydrogen) atoms. The fraction of sp³-hybridized carbons (Fsp3) is 0.300. The van der Waals surface area contributed by atoms with E-state index >= 15 is 0 Å². The molecule has 2 N–H and O–H groups in total. The lowest BCUT2D eigenvalue weighted by Crippen LogP contribution is -1.98. The van der Waals surface area contributed by atoms with E-state index in [0.29, 0.717) is 12.2 Å². The third-order valence-corrected chi connectivity index (χ3v) is 1.77. The van der Waals surface area contributed by atoms with Crippen molar-refractivity contribution in [2.45, 2.75) is 20.3 Å². The van der Waals surface area contributed by atoms with Crippen LogP contribution in [0.4, 0.5) is 5.82 Å². The summed E-state index contributed by atoms with van der Waals surface area (Å²) in [6, 6.07) is 1.95. The maximum atomic E-state index is 5.68. The molecule has 0 amide bonds. The third kappa shape index (κ3) is 1.76. The van der Waals surface area contributed by atoms with Crippen LogP contribution in [0.2, 0.25) is 0 Å². The highest BCUT2D eigenvalue weighted by molar-refractivity contribution is 5.45. The Morgan fingerprint density at radius 2 is 2.33 bits per heavy atom. The Kier molecular flexibility index (Phi) is 2.71. The highest BCUT2D eigenvalue weighted by Crippen LogP contribution is 2.12. The molecule has 0 spiro atoms. The van der Waals surface area contributed by atoms with E-state index < -0.39 is 0 Å². The molecule has 0 radical (unpaired) electrons. The van der Waals surface area contributed by atoms with Crippen LogP contribution in [0.3, 0.4) is 0 Å². The van der Waals surface area contributed by atoms with Gasteiger partial charge in [0.05, 0.1) is 0 Å². The Balaban J connectivity index is 3.01. The van der Waals surface area contributed by atoms with Gasteiger partial charge < -0.3 is 5.73 Å². The molecule has 0 bridgehead atoms. The summed E-state index contributed by atoms with van der Waals surface area (Å²) in [4.78, 5) is 4.00. The normalized spacial score (nSPS) is 8.83. The Hall–Kier alpha value is -1.49. The summed E-state index contributed by atoms with van der Waals surface area (Å²) >= 11 is 0. The van der Waals surface area contributed by atoms with Gasteiger partial charge in [-0.15, -0.1) is 5.92 Å². The summed E-state index contributed by atoms with van der Waals surface area (Å²) in [7, 11) is 0. The van der Waals surface area contributed by atoms with Gasteiger partial charge in [0, 0.05) is 18.2 Å². The zero-order valence-corrected chi connectivity index (χ0v) is 7.39. The van der Waals surface area contributed by atoms with Crippen molar-refractivity contribution in [3.05, 3.63) is 23.4 Å². The fourth-order valence-electron chi connectivity index (χ4n) is 1.02. The van der Waals surface area contributed by atoms with Gasteiger partial charge in [-0.3, -0.25) is 0 Å². The van der Waals surface area contributed by atoms with Crippen molar-refractivity contribution < 1.29 is 0 Å². The average molecular weight is 160 g/mol. The number of pyridine rings is 1. The molecule has 2 heteroatoms. The molecule has 0 aliphatic rings. The van der Waals surface area contributed by atoms with Crippen LogP contribution in [-0.4, -0.2) is 4.98 Å². The summed E-state index contributed by atoms with van der Waals surface area (Å²) in [6.45, 7) is 3.84. The van der Waals surface area contributed by atoms with Gasteiger partial charge in [0.1, 0.15) is 5.82 Å². The smallest absolute Gasteiger partial charge is 0.127 e. The molecule has 0 saturated carbocycles. The van der Waals surface area contributed by atoms with Crippen molar-refractivity contribution in [3.8, 4) is 11.8 Å². The number of nitrogens with two attached hydrogens (primary N) is 1. The van der Waals surface area contributed by atoms with Gasteiger partial charge in [0.15, 0.2) is 0 Å². The van der Waals surface area contributed by atoms with Gasteiger partial charge in [0.2, 0.25) is 0 Å². The molecule has 2 nitrogen and oxygen atoms in total. The highest BCUT2D eigenvalue weighted by atomic mass is 14.8. The lowest BCUT2D eigenvalue weighted by Gasteiger charge is -2.03. The topological polar surface area (TPSA) is 38.9 Å². The third-order valence-electron chi connectivity index (χ3n) is 1.77. The largest absolute Gasteiger partial charge is 0.383 e. The SMILES string of the molecule is CC#CCc1c(C)ccnc1N. The minimum absolute atomic E-state index is 0.595. The standard InChI is InChI=1S/C10H12N2/c1-3-4-5-9-8(2)6-7-12-10(9)11/h6-7H,5H2,1-2H3,(H2,11,12). The van der Waals surface area contributed by atoms with Crippen LogP contribution in [0.25, 0.3) is 0 Å². The minimum Gasteiger partial charge on any atom is -0.383 e. The second-order valence-corrected chi connectivity index (χ2v) is 2.60.